The van der Waals surface area contributed by atoms with Crippen LogP contribution in [0.2, 0.25) is 5.02 Å². The molecule has 0 atom stereocenters. The van der Waals surface area contributed by atoms with Crippen LogP contribution in [0.15, 0.2) is 39.7 Å². The average molecular weight is 387 g/mol. The minimum Gasteiger partial charge on any atom is -0.486 e. The molecule has 0 bridgehead atoms. The first-order valence-electron chi connectivity index (χ1n) is 6.39. The van der Waals surface area contributed by atoms with Crippen LogP contribution in [0, 0.1) is 0 Å². The summed E-state index contributed by atoms with van der Waals surface area (Å²) >= 11 is 11.3. The van der Waals surface area contributed by atoms with Crippen LogP contribution in [0.3, 0.4) is 0 Å². The van der Waals surface area contributed by atoms with Gasteiger partial charge in [-0.3, -0.25) is 0 Å². The van der Waals surface area contributed by atoms with Gasteiger partial charge >= 0.3 is 0 Å². The Bertz CT molecular complexity index is 681. The van der Waals surface area contributed by atoms with Crippen molar-refractivity contribution < 1.29 is 9.47 Å². The number of nitrogen functional groups attached to an aromatic ring is 1. The molecule has 0 saturated heterocycles. The summed E-state index contributed by atoms with van der Waals surface area (Å²) in [5, 5.41) is 0.584. The van der Waals surface area contributed by atoms with Gasteiger partial charge in [-0.25, -0.2) is 0 Å². The second-order valence-electron chi connectivity index (χ2n) is 4.56. The fraction of sp³-hybridized carbons (Fsp3) is 0.200. The lowest BCUT2D eigenvalue weighted by Gasteiger charge is -2.19. The van der Waals surface area contributed by atoms with Crippen molar-refractivity contribution in [3.05, 3.63) is 45.4 Å². The van der Waals surface area contributed by atoms with E-state index in [1.165, 1.54) is 0 Å². The highest BCUT2D eigenvalue weighted by Gasteiger charge is 2.15. The van der Waals surface area contributed by atoms with E-state index in [2.05, 4.69) is 15.9 Å². The Balaban J connectivity index is 1.77. The molecule has 0 unspecified atom stereocenters. The first-order chi connectivity index (χ1) is 10.1. The van der Waals surface area contributed by atoms with Crippen LogP contribution < -0.4 is 15.2 Å². The summed E-state index contributed by atoms with van der Waals surface area (Å²) in [5.74, 6) is 2.39. The van der Waals surface area contributed by atoms with Crippen LogP contribution in [0.5, 0.6) is 11.5 Å². The molecule has 2 N–H and O–H groups in total. The van der Waals surface area contributed by atoms with E-state index in [0.717, 1.165) is 32.2 Å². The van der Waals surface area contributed by atoms with Gasteiger partial charge in [-0.15, -0.1) is 11.8 Å². The van der Waals surface area contributed by atoms with Gasteiger partial charge in [0.2, 0.25) is 0 Å². The molecule has 110 valence electrons. The number of rotatable bonds is 3. The van der Waals surface area contributed by atoms with E-state index in [1.54, 1.807) is 11.8 Å². The summed E-state index contributed by atoms with van der Waals surface area (Å²) in [7, 11) is 0. The van der Waals surface area contributed by atoms with Gasteiger partial charge < -0.3 is 15.2 Å². The van der Waals surface area contributed by atoms with Crippen LogP contribution in [0.4, 0.5) is 5.69 Å². The van der Waals surface area contributed by atoms with Crippen LogP contribution >= 0.6 is 39.3 Å². The van der Waals surface area contributed by atoms with E-state index in [0.29, 0.717) is 23.9 Å². The summed E-state index contributed by atoms with van der Waals surface area (Å²) < 4.78 is 12.2. The highest BCUT2D eigenvalue weighted by molar-refractivity contribution is 9.10. The molecule has 3 nitrogen and oxygen atoms in total. The summed E-state index contributed by atoms with van der Waals surface area (Å²) in [4.78, 5) is 1.08. The van der Waals surface area contributed by atoms with E-state index in [9.17, 15) is 0 Å². The molecule has 21 heavy (non-hydrogen) atoms. The van der Waals surface area contributed by atoms with Crippen molar-refractivity contribution in [1.29, 1.82) is 0 Å². The summed E-state index contributed by atoms with van der Waals surface area (Å²) in [6, 6.07) is 9.65. The quantitative estimate of drug-likeness (QED) is 0.611. The lowest BCUT2D eigenvalue weighted by atomic mass is 10.2. The summed E-state index contributed by atoms with van der Waals surface area (Å²) in [6.07, 6.45) is 0. The second kappa shape index (κ2) is 6.38. The molecule has 6 heteroatoms. The van der Waals surface area contributed by atoms with Gasteiger partial charge in [0.25, 0.3) is 0 Å². The van der Waals surface area contributed by atoms with Gasteiger partial charge in [0.15, 0.2) is 11.5 Å². The Morgan fingerprint density at radius 2 is 1.86 bits per heavy atom. The fourth-order valence-corrected chi connectivity index (χ4v) is 3.80. The normalized spacial score (nSPS) is 13.2. The van der Waals surface area contributed by atoms with Gasteiger partial charge in [0.05, 0.1) is 10.7 Å². The van der Waals surface area contributed by atoms with Crippen molar-refractivity contribution in [3.63, 3.8) is 0 Å². The maximum Gasteiger partial charge on any atom is 0.162 e. The highest BCUT2D eigenvalue weighted by Crippen LogP contribution is 2.38. The van der Waals surface area contributed by atoms with Crippen LogP contribution in [0.25, 0.3) is 0 Å². The third-order valence-corrected chi connectivity index (χ3v) is 5.19. The topological polar surface area (TPSA) is 44.5 Å². The van der Waals surface area contributed by atoms with Crippen molar-refractivity contribution in [1.82, 2.24) is 0 Å². The van der Waals surface area contributed by atoms with E-state index in [1.807, 2.05) is 30.3 Å². The first kappa shape index (κ1) is 14.9. The molecule has 2 aromatic rings. The van der Waals surface area contributed by atoms with Crippen LogP contribution in [-0.4, -0.2) is 13.2 Å². The summed E-state index contributed by atoms with van der Waals surface area (Å²) in [5.41, 5.74) is 7.47. The van der Waals surface area contributed by atoms with Crippen molar-refractivity contribution >= 4 is 45.0 Å². The molecule has 0 aromatic heterocycles. The van der Waals surface area contributed by atoms with Crippen molar-refractivity contribution in [2.75, 3.05) is 18.9 Å². The number of hydrogen-bond acceptors (Lipinski definition) is 4. The number of benzene rings is 2. The first-order valence-corrected chi connectivity index (χ1v) is 8.55. The molecule has 0 radical (unpaired) electrons. The zero-order chi connectivity index (χ0) is 14.8. The number of fused-ring (bicyclic) bond motifs is 1. The molecular formula is C15H13BrClNO2S. The third kappa shape index (κ3) is 3.42. The predicted molar refractivity (Wildman–Crippen MR) is 90.6 cm³/mol. The van der Waals surface area contributed by atoms with Crippen molar-refractivity contribution in [3.8, 4) is 11.5 Å². The molecule has 0 fully saturated rings. The number of anilines is 1. The number of ether oxygens (including phenoxy) is 2. The van der Waals surface area contributed by atoms with Gasteiger partial charge in [0.1, 0.15) is 13.2 Å². The number of hydrogen-bond donors (Lipinski definition) is 1. The molecule has 0 saturated carbocycles. The van der Waals surface area contributed by atoms with E-state index < -0.39 is 0 Å². The van der Waals surface area contributed by atoms with Gasteiger partial charge in [-0.2, -0.15) is 0 Å². The van der Waals surface area contributed by atoms with E-state index in [4.69, 9.17) is 26.8 Å². The standard InChI is InChI=1S/C15H13BrClNO2S/c16-11-7-15-14(19-3-4-20-15)5-9(11)8-21-10-1-2-13(18)12(17)6-10/h1-2,5-7H,3-4,8,18H2. The SMILES string of the molecule is Nc1ccc(SCc2cc3c(cc2Br)OCCO3)cc1Cl. The number of halogens is 2. The minimum absolute atomic E-state index is 0.584. The van der Waals surface area contributed by atoms with E-state index in [-0.39, 0.29) is 0 Å². The molecule has 2 aromatic carbocycles. The maximum atomic E-state index is 6.04. The maximum absolute atomic E-state index is 6.04. The van der Waals surface area contributed by atoms with Gasteiger partial charge in [-0.1, -0.05) is 27.5 Å². The Morgan fingerprint density at radius 3 is 2.57 bits per heavy atom. The Labute approximate surface area is 140 Å². The van der Waals surface area contributed by atoms with Crippen LogP contribution in [0.1, 0.15) is 5.56 Å². The fourth-order valence-electron chi connectivity index (χ4n) is 1.98. The monoisotopic (exact) mass is 385 g/mol. The predicted octanol–water partition coefficient (Wildman–Crippen LogP) is 4.75. The average Bonchev–Trinajstić information content (AvgIpc) is 2.48. The Morgan fingerprint density at radius 1 is 1.14 bits per heavy atom. The molecule has 1 aliphatic heterocycles. The van der Waals surface area contributed by atoms with Crippen molar-refractivity contribution in [2.45, 2.75) is 10.6 Å². The Kier molecular flexibility index (Phi) is 4.52. The molecule has 0 aliphatic carbocycles. The van der Waals surface area contributed by atoms with Crippen LogP contribution in [-0.2, 0) is 5.75 Å². The molecular weight excluding hydrogens is 374 g/mol. The minimum atomic E-state index is 0.584. The Hall–Kier alpha value is -1.04. The number of nitrogens with two attached hydrogens (primary N) is 1. The molecule has 0 amide bonds. The van der Waals surface area contributed by atoms with Crippen molar-refractivity contribution in [2.24, 2.45) is 0 Å². The molecule has 1 aliphatic rings. The van der Waals surface area contributed by atoms with E-state index >= 15 is 0 Å². The third-order valence-electron chi connectivity index (χ3n) is 3.08. The largest absolute Gasteiger partial charge is 0.486 e. The van der Waals surface area contributed by atoms with Gasteiger partial charge in [-0.05, 0) is 35.9 Å². The molecule has 0 spiro atoms. The van der Waals surface area contributed by atoms with Gasteiger partial charge in [0, 0.05) is 15.1 Å². The second-order valence-corrected chi connectivity index (χ2v) is 6.87. The molecule has 3 rings (SSSR count). The zero-order valence-electron chi connectivity index (χ0n) is 11.1. The zero-order valence-corrected chi connectivity index (χ0v) is 14.2. The lowest BCUT2D eigenvalue weighted by Crippen LogP contribution is -2.15. The number of thioether (sulfide) groups is 1. The lowest BCUT2D eigenvalue weighted by molar-refractivity contribution is 0.171. The smallest absolute Gasteiger partial charge is 0.162 e. The molecule has 1 heterocycles. The highest BCUT2D eigenvalue weighted by atomic mass is 79.9. The summed E-state index contributed by atoms with van der Waals surface area (Å²) in [6.45, 7) is 1.19.